The Bertz CT molecular complexity index is 631. The highest BCUT2D eigenvalue weighted by Gasteiger charge is 2.14. The molecule has 0 saturated heterocycles. The molecular weight excluding hydrogens is 253 g/mol. The van der Waals surface area contributed by atoms with Gasteiger partial charge in [-0.15, -0.1) is 0 Å². The van der Waals surface area contributed by atoms with Crippen molar-refractivity contribution in [1.82, 2.24) is 9.97 Å². The summed E-state index contributed by atoms with van der Waals surface area (Å²) in [7, 11) is 0. The molecule has 0 saturated carbocycles. The third kappa shape index (κ3) is 2.89. The van der Waals surface area contributed by atoms with Gasteiger partial charge in [0.15, 0.2) is 0 Å². The molecule has 0 aliphatic carbocycles. The van der Waals surface area contributed by atoms with Crippen molar-refractivity contribution in [2.45, 2.75) is 0 Å². The summed E-state index contributed by atoms with van der Waals surface area (Å²) in [5.41, 5.74) is -0.184. The number of hydrogen-bond acceptors (Lipinski definition) is 4. The average Bonchev–Trinajstić information content (AvgIpc) is 2.39. The number of aromatic nitrogens is 2. The Hall–Kier alpha value is -2.83. The number of aromatic carboxylic acids is 1. The minimum atomic E-state index is -1.26. The maximum atomic E-state index is 13.1. The van der Waals surface area contributed by atoms with Gasteiger partial charge in [-0.25, -0.2) is 19.2 Å². The molecule has 0 bridgehead atoms. The molecule has 2 aromatic rings. The Morgan fingerprint density at radius 2 is 1.89 bits per heavy atom. The molecule has 1 aromatic heterocycles. The molecule has 6 nitrogen and oxygen atoms in total. The monoisotopic (exact) mass is 261 g/mol. The smallest absolute Gasteiger partial charge is 0.337 e. The van der Waals surface area contributed by atoms with Crippen LogP contribution in [0.5, 0.6) is 0 Å². The molecular formula is C12H8FN3O3. The van der Waals surface area contributed by atoms with Gasteiger partial charge in [0.1, 0.15) is 12.1 Å². The Morgan fingerprint density at radius 3 is 2.53 bits per heavy atom. The van der Waals surface area contributed by atoms with E-state index >= 15 is 0 Å². The van der Waals surface area contributed by atoms with Crippen LogP contribution in [-0.2, 0) is 0 Å². The number of halogens is 1. The number of benzene rings is 1. The summed E-state index contributed by atoms with van der Waals surface area (Å²) in [4.78, 5) is 30.1. The van der Waals surface area contributed by atoms with E-state index in [0.29, 0.717) is 0 Å². The van der Waals surface area contributed by atoms with E-state index in [-0.39, 0.29) is 16.8 Å². The maximum absolute atomic E-state index is 13.1. The van der Waals surface area contributed by atoms with Crippen LogP contribution in [0.1, 0.15) is 20.7 Å². The zero-order valence-corrected chi connectivity index (χ0v) is 9.50. The second-order valence-electron chi connectivity index (χ2n) is 3.58. The number of amides is 1. The van der Waals surface area contributed by atoms with Crippen LogP contribution < -0.4 is 5.32 Å². The topological polar surface area (TPSA) is 92.2 Å². The Labute approximate surface area is 106 Å². The number of carbonyl (C=O) groups is 2. The van der Waals surface area contributed by atoms with Crippen LogP contribution in [0.3, 0.4) is 0 Å². The molecule has 1 heterocycles. The predicted molar refractivity (Wildman–Crippen MR) is 63.3 cm³/mol. The minimum absolute atomic E-state index is 0.124. The standard InChI is InChI=1S/C12H8FN3O3/c13-8-1-2-9(12(18)19)10(3-8)16-11(17)7-4-14-6-15-5-7/h1-6H,(H,16,17)(H,18,19). The molecule has 0 aliphatic rings. The fraction of sp³-hybridized carbons (Fsp3) is 0. The second-order valence-corrected chi connectivity index (χ2v) is 3.58. The highest BCUT2D eigenvalue weighted by atomic mass is 19.1. The molecule has 1 aromatic carbocycles. The molecule has 96 valence electrons. The lowest BCUT2D eigenvalue weighted by molar-refractivity contribution is 0.0698. The van der Waals surface area contributed by atoms with Crippen molar-refractivity contribution in [3.8, 4) is 0 Å². The fourth-order valence-corrected chi connectivity index (χ4v) is 1.42. The van der Waals surface area contributed by atoms with Crippen molar-refractivity contribution >= 4 is 17.6 Å². The van der Waals surface area contributed by atoms with Crippen molar-refractivity contribution in [1.29, 1.82) is 0 Å². The molecule has 2 N–H and O–H groups in total. The number of carboxylic acids is 1. The van der Waals surface area contributed by atoms with Crippen molar-refractivity contribution in [3.05, 3.63) is 53.9 Å². The van der Waals surface area contributed by atoms with Crippen LogP contribution >= 0.6 is 0 Å². The molecule has 0 fully saturated rings. The molecule has 7 heteroatoms. The Balaban J connectivity index is 2.31. The summed E-state index contributed by atoms with van der Waals surface area (Å²) in [6.07, 6.45) is 3.78. The minimum Gasteiger partial charge on any atom is -0.478 e. The maximum Gasteiger partial charge on any atom is 0.337 e. The number of hydrogen-bond donors (Lipinski definition) is 2. The second kappa shape index (κ2) is 5.21. The van der Waals surface area contributed by atoms with Crippen LogP contribution in [0, 0.1) is 5.82 Å². The van der Waals surface area contributed by atoms with Crippen LogP contribution in [0.2, 0.25) is 0 Å². The van der Waals surface area contributed by atoms with Gasteiger partial charge in [-0.3, -0.25) is 4.79 Å². The van der Waals surface area contributed by atoms with Crippen LogP contribution in [0.25, 0.3) is 0 Å². The number of nitrogens with one attached hydrogen (secondary N) is 1. The summed E-state index contributed by atoms with van der Waals surface area (Å²) >= 11 is 0. The Kier molecular flexibility index (Phi) is 3.46. The van der Waals surface area contributed by atoms with Crippen molar-refractivity contribution in [3.63, 3.8) is 0 Å². The van der Waals surface area contributed by atoms with E-state index in [0.717, 1.165) is 18.2 Å². The molecule has 0 unspecified atom stereocenters. The SMILES string of the molecule is O=C(Nc1cc(F)ccc1C(=O)O)c1cncnc1. The van der Waals surface area contributed by atoms with Gasteiger partial charge in [0.25, 0.3) is 5.91 Å². The molecule has 0 radical (unpaired) electrons. The lowest BCUT2D eigenvalue weighted by Gasteiger charge is -2.08. The van der Waals surface area contributed by atoms with Crippen LogP contribution in [-0.4, -0.2) is 27.0 Å². The van der Waals surface area contributed by atoms with E-state index in [2.05, 4.69) is 15.3 Å². The highest BCUT2D eigenvalue weighted by Crippen LogP contribution is 2.18. The van der Waals surface area contributed by atoms with Gasteiger partial charge in [-0.2, -0.15) is 0 Å². The van der Waals surface area contributed by atoms with Gasteiger partial charge in [0.2, 0.25) is 0 Å². The Morgan fingerprint density at radius 1 is 1.21 bits per heavy atom. The first-order valence-corrected chi connectivity index (χ1v) is 5.17. The quantitative estimate of drug-likeness (QED) is 0.874. The number of anilines is 1. The molecule has 2 rings (SSSR count). The van der Waals surface area contributed by atoms with Gasteiger partial charge < -0.3 is 10.4 Å². The molecule has 19 heavy (non-hydrogen) atoms. The van der Waals surface area contributed by atoms with Gasteiger partial charge in [-0.1, -0.05) is 0 Å². The molecule has 0 aliphatic heterocycles. The van der Waals surface area contributed by atoms with E-state index in [1.54, 1.807) is 0 Å². The normalized spacial score (nSPS) is 9.95. The predicted octanol–water partition coefficient (Wildman–Crippen LogP) is 1.57. The first kappa shape index (κ1) is 12.6. The van der Waals surface area contributed by atoms with Crippen LogP contribution in [0.4, 0.5) is 10.1 Å². The van der Waals surface area contributed by atoms with E-state index < -0.39 is 17.7 Å². The average molecular weight is 261 g/mol. The van der Waals surface area contributed by atoms with Gasteiger partial charge >= 0.3 is 5.97 Å². The lowest BCUT2D eigenvalue weighted by atomic mass is 10.1. The first-order valence-electron chi connectivity index (χ1n) is 5.17. The van der Waals surface area contributed by atoms with Crippen LogP contribution in [0.15, 0.2) is 36.9 Å². The number of nitrogens with zero attached hydrogens (tertiary/aromatic N) is 2. The molecule has 0 spiro atoms. The highest BCUT2D eigenvalue weighted by molar-refractivity contribution is 6.07. The van der Waals surface area contributed by atoms with Crippen molar-refractivity contribution in [2.24, 2.45) is 0 Å². The number of rotatable bonds is 3. The van der Waals surface area contributed by atoms with E-state index in [4.69, 9.17) is 5.11 Å². The summed E-state index contributed by atoms with van der Waals surface area (Å²) in [5.74, 6) is -2.53. The van der Waals surface area contributed by atoms with E-state index in [9.17, 15) is 14.0 Å². The lowest BCUT2D eigenvalue weighted by Crippen LogP contribution is -2.15. The van der Waals surface area contributed by atoms with Gasteiger partial charge in [0.05, 0.1) is 16.8 Å². The van der Waals surface area contributed by atoms with Crippen molar-refractivity contribution < 1.29 is 19.1 Å². The zero-order valence-electron chi connectivity index (χ0n) is 9.50. The summed E-state index contributed by atoms with van der Waals surface area (Å²) in [5, 5.41) is 11.3. The van der Waals surface area contributed by atoms with E-state index in [1.165, 1.54) is 18.7 Å². The largest absolute Gasteiger partial charge is 0.478 e. The third-order valence-corrected chi connectivity index (χ3v) is 2.28. The number of carboxylic acid groups (broad SMARTS) is 1. The first-order chi connectivity index (χ1) is 9.08. The molecule has 1 amide bonds. The van der Waals surface area contributed by atoms with Gasteiger partial charge in [0, 0.05) is 12.4 Å². The van der Waals surface area contributed by atoms with Gasteiger partial charge in [-0.05, 0) is 18.2 Å². The fourth-order valence-electron chi connectivity index (χ4n) is 1.42. The number of carbonyl (C=O) groups excluding carboxylic acids is 1. The summed E-state index contributed by atoms with van der Waals surface area (Å²) in [6, 6.07) is 3.02. The molecule has 0 atom stereocenters. The zero-order chi connectivity index (χ0) is 13.8. The summed E-state index contributed by atoms with van der Waals surface area (Å²) < 4.78 is 13.1. The summed E-state index contributed by atoms with van der Waals surface area (Å²) in [6.45, 7) is 0. The third-order valence-electron chi connectivity index (χ3n) is 2.28. The van der Waals surface area contributed by atoms with Crippen molar-refractivity contribution in [2.75, 3.05) is 5.32 Å². The van der Waals surface area contributed by atoms with E-state index in [1.807, 2.05) is 0 Å².